The first-order valence-corrected chi connectivity index (χ1v) is 19.4. The molecule has 0 saturated carbocycles. The van der Waals surface area contributed by atoms with Crippen LogP contribution in [-0.2, 0) is 6.42 Å². The van der Waals surface area contributed by atoms with Gasteiger partial charge in [-0.15, -0.1) is 0 Å². The molecule has 0 spiro atoms. The van der Waals surface area contributed by atoms with Gasteiger partial charge < -0.3 is 10.2 Å². The summed E-state index contributed by atoms with van der Waals surface area (Å²) >= 11 is 0. The van der Waals surface area contributed by atoms with Crippen LogP contribution in [0.5, 0.6) is 11.5 Å². The molecule has 55 heavy (non-hydrogen) atoms. The zero-order valence-corrected chi connectivity index (χ0v) is 31.9. The molecule has 2 nitrogen and oxygen atoms in total. The molecular formula is C53H42O2. The Morgan fingerprint density at radius 2 is 1.07 bits per heavy atom. The Hall–Kier alpha value is -6.38. The SMILES string of the molecule is Cc1c(C)c2cc(C)c3c(-c4cccc(-c5ccc6c(c5)C=CCC6)c4)c(O)c(C)c4c(O)c(C)c(c1-c1cccc(-c5ccc6ccccc6c5)c1)c2c43. The summed E-state index contributed by atoms with van der Waals surface area (Å²) in [6, 6.07) is 41.6. The average molecular weight is 711 g/mol. The number of fused-ring (bicyclic) bond motifs is 2. The highest BCUT2D eigenvalue weighted by atomic mass is 16.3. The van der Waals surface area contributed by atoms with Gasteiger partial charge in [0.05, 0.1) is 0 Å². The van der Waals surface area contributed by atoms with Crippen LogP contribution in [0, 0.1) is 34.6 Å². The van der Waals surface area contributed by atoms with Gasteiger partial charge in [0, 0.05) is 21.9 Å². The summed E-state index contributed by atoms with van der Waals surface area (Å²) in [6.07, 6.45) is 6.65. The van der Waals surface area contributed by atoms with Gasteiger partial charge in [-0.25, -0.2) is 0 Å². The Bertz CT molecular complexity index is 3100. The van der Waals surface area contributed by atoms with Crippen molar-refractivity contribution in [1.29, 1.82) is 0 Å². The Morgan fingerprint density at radius 3 is 1.84 bits per heavy atom. The number of rotatable bonds is 4. The normalized spacial score (nSPS) is 12.7. The average Bonchev–Trinajstić information content (AvgIpc) is 3.21. The molecule has 1 aliphatic rings. The van der Waals surface area contributed by atoms with Gasteiger partial charge in [-0.2, -0.15) is 0 Å². The van der Waals surface area contributed by atoms with Crippen molar-refractivity contribution in [3.63, 3.8) is 0 Å². The van der Waals surface area contributed by atoms with Crippen molar-refractivity contribution in [2.45, 2.75) is 47.5 Å². The molecule has 0 bridgehead atoms. The number of phenols is 2. The second kappa shape index (κ2) is 12.3. The maximum absolute atomic E-state index is 12.3. The molecule has 10 rings (SSSR count). The lowest BCUT2D eigenvalue weighted by atomic mass is 9.78. The molecule has 0 radical (unpaired) electrons. The summed E-state index contributed by atoms with van der Waals surface area (Å²) in [5, 5.41) is 33.0. The van der Waals surface area contributed by atoms with Crippen molar-refractivity contribution < 1.29 is 10.2 Å². The first kappa shape index (κ1) is 33.2. The highest BCUT2D eigenvalue weighted by molar-refractivity contribution is 6.33. The zero-order valence-electron chi connectivity index (χ0n) is 31.9. The van der Waals surface area contributed by atoms with Gasteiger partial charge in [-0.05, 0) is 176 Å². The minimum atomic E-state index is 0.213. The maximum Gasteiger partial charge on any atom is 0.127 e. The molecule has 0 unspecified atom stereocenters. The molecule has 266 valence electrons. The van der Waals surface area contributed by atoms with E-state index in [9.17, 15) is 10.2 Å². The summed E-state index contributed by atoms with van der Waals surface area (Å²) in [4.78, 5) is 0. The Labute approximate surface area is 322 Å². The Morgan fingerprint density at radius 1 is 0.436 bits per heavy atom. The lowest BCUT2D eigenvalue weighted by Crippen LogP contribution is -2.01. The van der Waals surface area contributed by atoms with Crippen molar-refractivity contribution in [2.24, 2.45) is 0 Å². The second-order valence-electron chi connectivity index (χ2n) is 15.6. The van der Waals surface area contributed by atoms with E-state index < -0.39 is 0 Å². The van der Waals surface area contributed by atoms with Crippen LogP contribution in [0.3, 0.4) is 0 Å². The van der Waals surface area contributed by atoms with Crippen molar-refractivity contribution in [1.82, 2.24) is 0 Å². The van der Waals surface area contributed by atoms with Gasteiger partial charge in [-0.1, -0.05) is 103 Å². The van der Waals surface area contributed by atoms with E-state index >= 15 is 0 Å². The number of phenolic OH excluding ortho intramolecular Hbond substituents is 2. The number of allylic oxidation sites excluding steroid dienone is 1. The fraction of sp³-hybridized carbons (Fsp3) is 0.132. The van der Waals surface area contributed by atoms with Crippen molar-refractivity contribution in [3.8, 4) is 56.0 Å². The van der Waals surface area contributed by atoms with E-state index in [4.69, 9.17) is 0 Å². The minimum Gasteiger partial charge on any atom is -0.507 e. The summed E-state index contributed by atoms with van der Waals surface area (Å²) in [5.41, 5.74) is 16.3. The fourth-order valence-corrected chi connectivity index (χ4v) is 9.56. The molecule has 1 aliphatic carbocycles. The molecule has 0 atom stereocenters. The molecule has 0 aliphatic heterocycles. The van der Waals surface area contributed by atoms with E-state index in [1.807, 2.05) is 13.8 Å². The first-order chi connectivity index (χ1) is 26.7. The molecule has 0 amide bonds. The third kappa shape index (κ3) is 4.94. The quantitative estimate of drug-likeness (QED) is 0.179. The van der Waals surface area contributed by atoms with Crippen molar-refractivity contribution in [3.05, 3.63) is 160 Å². The molecule has 0 aromatic heterocycles. The van der Waals surface area contributed by atoms with E-state index in [1.165, 1.54) is 44.0 Å². The molecule has 0 fully saturated rings. The largest absolute Gasteiger partial charge is 0.507 e. The van der Waals surface area contributed by atoms with Crippen molar-refractivity contribution >= 4 is 49.2 Å². The van der Waals surface area contributed by atoms with Gasteiger partial charge in [0.15, 0.2) is 0 Å². The fourth-order valence-electron chi connectivity index (χ4n) is 9.56. The van der Waals surface area contributed by atoms with Crippen LogP contribution < -0.4 is 0 Å². The zero-order chi connectivity index (χ0) is 37.7. The monoisotopic (exact) mass is 710 g/mol. The number of aryl methyl sites for hydroxylation is 5. The van der Waals surface area contributed by atoms with Crippen LogP contribution in [0.2, 0.25) is 0 Å². The Kier molecular flexibility index (Phi) is 7.44. The van der Waals surface area contributed by atoms with Crippen LogP contribution in [-0.4, -0.2) is 10.2 Å². The van der Waals surface area contributed by atoms with Crippen molar-refractivity contribution in [2.75, 3.05) is 0 Å². The van der Waals surface area contributed by atoms with Gasteiger partial charge in [-0.3, -0.25) is 0 Å². The molecule has 0 saturated heterocycles. The van der Waals surface area contributed by atoms with E-state index in [1.54, 1.807) is 0 Å². The molecule has 0 heterocycles. The van der Waals surface area contributed by atoms with E-state index in [0.29, 0.717) is 5.56 Å². The van der Waals surface area contributed by atoms with E-state index in [0.717, 1.165) is 89.8 Å². The molecule has 2 N–H and O–H groups in total. The third-order valence-corrected chi connectivity index (χ3v) is 12.5. The smallest absolute Gasteiger partial charge is 0.127 e. The lowest BCUT2D eigenvalue weighted by molar-refractivity contribution is 0.469. The summed E-state index contributed by atoms with van der Waals surface area (Å²) in [5.74, 6) is 0.445. The molecule has 2 heteroatoms. The molecular weight excluding hydrogens is 669 g/mol. The van der Waals surface area contributed by atoms with E-state index in [2.05, 4.69) is 148 Å². The van der Waals surface area contributed by atoms with Gasteiger partial charge >= 0.3 is 0 Å². The number of benzene rings is 9. The summed E-state index contributed by atoms with van der Waals surface area (Å²) in [7, 11) is 0. The Balaban J connectivity index is 1.24. The van der Waals surface area contributed by atoms with E-state index in [-0.39, 0.29) is 11.5 Å². The van der Waals surface area contributed by atoms with Crippen LogP contribution >= 0.6 is 0 Å². The van der Waals surface area contributed by atoms with Crippen LogP contribution in [0.25, 0.3) is 93.7 Å². The third-order valence-electron chi connectivity index (χ3n) is 12.5. The highest BCUT2D eigenvalue weighted by Crippen LogP contribution is 2.54. The predicted octanol–water partition coefficient (Wildman–Crippen LogP) is 14.3. The number of hydrogen-bond acceptors (Lipinski definition) is 2. The number of aromatic hydroxyl groups is 2. The van der Waals surface area contributed by atoms with Crippen LogP contribution in [0.15, 0.2) is 121 Å². The van der Waals surface area contributed by atoms with Crippen LogP contribution in [0.4, 0.5) is 0 Å². The second-order valence-corrected chi connectivity index (χ2v) is 15.6. The predicted molar refractivity (Wildman–Crippen MR) is 234 cm³/mol. The lowest BCUT2D eigenvalue weighted by Gasteiger charge is -2.26. The molecule has 9 aromatic rings. The van der Waals surface area contributed by atoms with Gasteiger partial charge in [0.1, 0.15) is 11.5 Å². The van der Waals surface area contributed by atoms with Crippen LogP contribution in [0.1, 0.15) is 45.4 Å². The standard InChI is InChI=1S/C53H42O2/c1-29-24-44-30(2)31(3)46(42-18-10-16-38(27-42)40-22-20-34-12-6-8-14-36(34)25-40)47-32(4)52(54)48-33(5)53(55)49(45(29)51(48)50(44)47)43-19-11-17-39(28-43)41-23-21-35-13-7-9-15-37(35)26-41/h6,8-12,14-28,54-55H,7,13H2,1-5H3. The summed E-state index contributed by atoms with van der Waals surface area (Å²) in [6.45, 7) is 10.6. The van der Waals surface area contributed by atoms with Gasteiger partial charge in [0.25, 0.3) is 0 Å². The maximum atomic E-state index is 12.3. The summed E-state index contributed by atoms with van der Waals surface area (Å²) < 4.78 is 0. The first-order valence-electron chi connectivity index (χ1n) is 19.4. The van der Waals surface area contributed by atoms with Gasteiger partial charge in [0.2, 0.25) is 0 Å². The highest BCUT2D eigenvalue weighted by Gasteiger charge is 2.28. The molecule has 9 aromatic carbocycles. The number of hydrogen-bond donors (Lipinski definition) is 2. The minimum absolute atomic E-state index is 0.213. The topological polar surface area (TPSA) is 40.5 Å².